The zero-order chi connectivity index (χ0) is 21.2. The Morgan fingerprint density at radius 1 is 0.966 bits per heavy atom. The van der Waals surface area contributed by atoms with Crippen LogP contribution < -0.4 is 5.32 Å². The van der Waals surface area contributed by atoms with E-state index in [0.29, 0.717) is 17.8 Å². The predicted molar refractivity (Wildman–Crippen MR) is 99.1 cm³/mol. The first-order valence-electron chi connectivity index (χ1n) is 8.94. The summed E-state index contributed by atoms with van der Waals surface area (Å²) < 4.78 is 52.0. The Hall–Kier alpha value is -3.10. The third kappa shape index (κ3) is 4.85. The molecule has 0 atom stereocenters. The normalized spacial score (nSPS) is 14.7. The number of halogens is 4. The minimum absolute atomic E-state index is 0.165. The van der Waals surface area contributed by atoms with Crippen molar-refractivity contribution in [2.45, 2.75) is 13.1 Å². The molecule has 1 fully saturated rings. The number of benzene rings is 2. The molecule has 2 aromatic rings. The maximum atomic E-state index is 13.4. The average Bonchev–Trinajstić information content (AvgIpc) is 2.67. The number of hydrogen-bond acceptors (Lipinski definition) is 2. The number of carbonyl (C=O) groups is 2. The Labute approximate surface area is 164 Å². The van der Waals surface area contributed by atoms with Gasteiger partial charge in [0.05, 0.1) is 5.56 Å². The zero-order valence-corrected chi connectivity index (χ0v) is 15.6. The third-order valence-corrected chi connectivity index (χ3v) is 4.64. The third-order valence-electron chi connectivity index (χ3n) is 4.64. The molecule has 3 rings (SSSR count). The zero-order valence-electron chi connectivity index (χ0n) is 15.6. The molecule has 1 aliphatic rings. The Morgan fingerprint density at radius 3 is 2.24 bits per heavy atom. The van der Waals surface area contributed by atoms with E-state index in [1.165, 1.54) is 9.80 Å². The monoisotopic (exact) mass is 409 g/mol. The second-order valence-electron chi connectivity index (χ2n) is 6.77. The van der Waals surface area contributed by atoms with E-state index in [1.807, 2.05) is 25.1 Å². The number of alkyl halides is 3. The summed E-state index contributed by atoms with van der Waals surface area (Å²) in [4.78, 5) is 27.8. The Kier molecular flexibility index (Phi) is 5.76. The van der Waals surface area contributed by atoms with E-state index in [1.54, 1.807) is 6.07 Å². The number of nitrogens with one attached hydrogen (secondary N) is 1. The summed E-state index contributed by atoms with van der Waals surface area (Å²) in [6.45, 7) is 2.70. The van der Waals surface area contributed by atoms with Crippen molar-refractivity contribution < 1.29 is 27.2 Å². The van der Waals surface area contributed by atoms with Crippen LogP contribution in [0.3, 0.4) is 0 Å². The largest absolute Gasteiger partial charge is 0.419 e. The van der Waals surface area contributed by atoms with Gasteiger partial charge in [0.2, 0.25) is 0 Å². The fourth-order valence-electron chi connectivity index (χ4n) is 3.10. The summed E-state index contributed by atoms with van der Waals surface area (Å²) in [6.07, 6.45) is -4.88. The lowest BCUT2D eigenvalue weighted by Gasteiger charge is -2.34. The lowest BCUT2D eigenvalue weighted by atomic mass is 10.1. The van der Waals surface area contributed by atoms with Crippen LogP contribution in [0.5, 0.6) is 0 Å². The van der Waals surface area contributed by atoms with Crippen molar-refractivity contribution in [1.29, 1.82) is 0 Å². The molecule has 0 radical (unpaired) electrons. The van der Waals surface area contributed by atoms with E-state index >= 15 is 0 Å². The van der Waals surface area contributed by atoms with Gasteiger partial charge in [-0.05, 0) is 42.8 Å². The SMILES string of the molecule is Cc1cccc(NC(=O)N2CCN(C(=O)c3ccc(F)c(C(F)(F)F)c3)CC2)c1. The molecule has 1 N–H and O–H groups in total. The number of aryl methyl sites for hydroxylation is 1. The van der Waals surface area contributed by atoms with Crippen molar-refractivity contribution in [2.75, 3.05) is 31.5 Å². The molecule has 154 valence electrons. The van der Waals surface area contributed by atoms with Gasteiger partial charge in [0.25, 0.3) is 5.91 Å². The first-order chi connectivity index (χ1) is 13.6. The van der Waals surface area contributed by atoms with Crippen molar-refractivity contribution in [2.24, 2.45) is 0 Å². The number of piperazine rings is 1. The van der Waals surface area contributed by atoms with Crippen LogP contribution in [0.4, 0.5) is 28.0 Å². The number of carbonyl (C=O) groups excluding carboxylic acids is 2. The lowest BCUT2D eigenvalue weighted by molar-refractivity contribution is -0.140. The van der Waals surface area contributed by atoms with Gasteiger partial charge in [-0.3, -0.25) is 4.79 Å². The summed E-state index contributed by atoms with van der Waals surface area (Å²) in [6, 6.07) is 9.18. The molecule has 0 aromatic heterocycles. The summed E-state index contributed by atoms with van der Waals surface area (Å²) in [5.41, 5.74) is -0.0638. The number of hydrogen-bond donors (Lipinski definition) is 1. The summed E-state index contributed by atoms with van der Waals surface area (Å²) in [5.74, 6) is -2.05. The van der Waals surface area contributed by atoms with Gasteiger partial charge < -0.3 is 15.1 Å². The van der Waals surface area contributed by atoms with E-state index in [4.69, 9.17) is 0 Å². The van der Waals surface area contributed by atoms with E-state index < -0.39 is 23.5 Å². The van der Waals surface area contributed by atoms with Gasteiger partial charge in [0.15, 0.2) is 0 Å². The first kappa shape index (κ1) is 20.6. The summed E-state index contributed by atoms with van der Waals surface area (Å²) >= 11 is 0. The fraction of sp³-hybridized carbons (Fsp3) is 0.300. The first-order valence-corrected chi connectivity index (χ1v) is 8.94. The Morgan fingerprint density at radius 2 is 1.62 bits per heavy atom. The smallest absolute Gasteiger partial charge is 0.335 e. The predicted octanol–water partition coefficient (Wildman–Crippen LogP) is 4.14. The minimum Gasteiger partial charge on any atom is -0.335 e. The van der Waals surface area contributed by atoms with Crippen LogP contribution in [0.1, 0.15) is 21.5 Å². The number of rotatable bonds is 2. The highest BCUT2D eigenvalue weighted by Crippen LogP contribution is 2.32. The van der Waals surface area contributed by atoms with Crippen molar-refractivity contribution in [3.8, 4) is 0 Å². The molecule has 3 amide bonds. The van der Waals surface area contributed by atoms with Crippen LogP contribution in [0, 0.1) is 12.7 Å². The van der Waals surface area contributed by atoms with Crippen LogP contribution >= 0.6 is 0 Å². The van der Waals surface area contributed by atoms with Crippen LogP contribution in [-0.4, -0.2) is 47.9 Å². The minimum atomic E-state index is -4.88. The maximum absolute atomic E-state index is 13.4. The van der Waals surface area contributed by atoms with Gasteiger partial charge in [0, 0.05) is 37.4 Å². The van der Waals surface area contributed by atoms with Crippen molar-refractivity contribution in [3.63, 3.8) is 0 Å². The molecule has 0 unspecified atom stereocenters. The summed E-state index contributed by atoms with van der Waals surface area (Å²) in [5, 5.41) is 2.78. The molecule has 9 heteroatoms. The highest BCUT2D eigenvalue weighted by molar-refractivity contribution is 5.95. The van der Waals surface area contributed by atoms with Gasteiger partial charge in [-0.15, -0.1) is 0 Å². The average molecular weight is 409 g/mol. The molecule has 0 bridgehead atoms. The van der Waals surface area contributed by atoms with E-state index in [0.717, 1.165) is 11.6 Å². The number of urea groups is 1. The quantitative estimate of drug-likeness (QED) is 0.758. The van der Waals surface area contributed by atoms with Crippen LogP contribution in [-0.2, 0) is 6.18 Å². The maximum Gasteiger partial charge on any atom is 0.419 e. The van der Waals surface area contributed by atoms with Gasteiger partial charge in [0.1, 0.15) is 5.82 Å². The number of anilines is 1. The van der Waals surface area contributed by atoms with E-state index in [9.17, 15) is 27.2 Å². The molecule has 0 saturated carbocycles. The van der Waals surface area contributed by atoms with Crippen molar-refractivity contribution in [1.82, 2.24) is 9.80 Å². The topological polar surface area (TPSA) is 52.7 Å². The molecular formula is C20H19F4N3O2. The standard InChI is InChI=1S/C20H19F4N3O2/c1-13-3-2-4-15(11-13)25-19(29)27-9-7-26(8-10-27)18(28)14-5-6-17(21)16(12-14)20(22,23)24/h2-6,11-12H,7-10H2,1H3,(H,25,29). The van der Waals surface area contributed by atoms with Crippen LogP contribution in [0.15, 0.2) is 42.5 Å². The Bertz CT molecular complexity index is 922. The highest BCUT2D eigenvalue weighted by Gasteiger charge is 2.35. The molecule has 1 heterocycles. The highest BCUT2D eigenvalue weighted by atomic mass is 19.4. The Balaban J connectivity index is 1.62. The second-order valence-corrected chi connectivity index (χ2v) is 6.77. The molecule has 2 aromatic carbocycles. The summed E-state index contributed by atoms with van der Waals surface area (Å²) in [7, 11) is 0. The van der Waals surface area contributed by atoms with Gasteiger partial charge in [-0.25, -0.2) is 9.18 Å². The van der Waals surface area contributed by atoms with Crippen LogP contribution in [0.25, 0.3) is 0 Å². The lowest BCUT2D eigenvalue weighted by Crippen LogP contribution is -2.51. The molecule has 0 spiro atoms. The second kappa shape index (κ2) is 8.10. The molecular weight excluding hydrogens is 390 g/mol. The molecule has 0 aliphatic carbocycles. The molecule has 1 saturated heterocycles. The van der Waals surface area contributed by atoms with Gasteiger partial charge in [-0.1, -0.05) is 12.1 Å². The molecule has 1 aliphatic heterocycles. The van der Waals surface area contributed by atoms with E-state index in [2.05, 4.69) is 5.32 Å². The fourth-order valence-corrected chi connectivity index (χ4v) is 3.10. The van der Waals surface area contributed by atoms with Gasteiger partial charge >= 0.3 is 12.2 Å². The van der Waals surface area contributed by atoms with Crippen molar-refractivity contribution >= 4 is 17.6 Å². The van der Waals surface area contributed by atoms with E-state index in [-0.39, 0.29) is 37.8 Å². The van der Waals surface area contributed by atoms with Crippen LogP contribution in [0.2, 0.25) is 0 Å². The number of nitrogens with zero attached hydrogens (tertiary/aromatic N) is 2. The number of amides is 3. The molecule has 29 heavy (non-hydrogen) atoms. The molecule has 5 nitrogen and oxygen atoms in total. The van der Waals surface area contributed by atoms with Gasteiger partial charge in [-0.2, -0.15) is 13.2 Å². The van der Waals surface area contributed by atoms with Crippen molar-refractivity contribution in [3.05, 3.63) is 65.0 Å².